The summed E-state index contributed by atoms with van der Waals surface area (Å²) in [5.74, 6) is 0.100. The third-order valence-corrected chi connectivity index (χ3v) is 3.21. The van der Waals surface area contributed by atoms with Gasteiger partial charge in [-0.1, -0.05) is 0 Å². The number of aromatic nitrogens is 2. The van der Waals surface area contributed by atoms with Crippen molar-refractivity contribution in [2.75, 3.05) is 25.2 Å². The van der Waals surface area contributed by atoms with Crippen LogP contribution in [0.3, 0.4) is 0 Å². The van der Waals surface area contributed by atoms with E-state index in [2.05, 4.69) is 9.97 Å². The molecule has 1 aromatic rings. The Labute approximate surface area is 106 Å². The molecular formula is C12H17N3O3. The second-order valence-electron chi connectivity index (χ2n) is 4.28. The number of anilines is 1. The van der Waals surface area contributed by atoms with Crippen molar-refractivity contribution in [3.05, 3.63) is 18.1 Å². The van der Waals surface area contributed by atoms with Crippen molar-refractivity contribution in [3.63, 3.8) is 0 Å². The van der Waals surface area contributed by atoms with E-state index < -0.39 is 5.97 Å². The summed E-state index contributed by atoms with van der Waals surface area (Å²) in [6.07, 6.45) is 5.88. The quantitative estimate of drug-likeness (QED) is 0.793. The number of ether oxygens (including phenoxy) is 1. The fourth-order valence-electron chi connectivity index (χ4n) is 2.28. The zero-order valence-electron chi connectivity index (χ0n) is 10.4. The summed E-state index contributed by atoms with van der Waals surface area (Å²) in [6.45, 7) is 0.844. The first-order valence-corrected chi connectivity index (χ1v) is 6.03. The molecule has 1 fully saturated rings. The number of piperidine rings is 1. The average Bonchev–Trinajstić information content (AvgIpc) is 2.46. The number of aliphatic hydroxyl groups is 1. The lowest BCUT2D eigenvalue weighted by Crippen LogP contribution is -2.43. The van der Waals surface area contributed by atoms with E-state index in [4.69, 9.17) is 4.74 Å². The Bertz CT molecular complexity index is 425. The van der Waals surface area contributed by atoms with Crippen LogP contribution in [0.25, 0.3) is 0 Å². The lowest BCUT2D eigenvalue weighted by atomic mass is 10.0. The van der Waals surface area contributed by atoms with Gasteiger partial charge < -0.3 is 14.7 Å². The average molecular weight is 251 g/mol. The Morgan fingerprint density at radius 2 is 2.44 bits per heavy atom. The number of hydrogen-bond donors (Lipinski definition) is 1. The van der Waals surface area contributed by atoms with Gasteiger partial charge in [-0.15, -0.1) is 0 Å². The topological polar surface area (TPSA) is 75.5 Å². The van der Waals surface area contributed by atoms with Crippen molar-refractivity contribution in [2.24, 2.45) is 0 Å². The molecule has 98 valence electrons. The molecule has 6 heteroatoms. The number of hydrogen-bond acceptors (Lipinski definition) is 6. The maximum Gasteiger partial charge on any atom is 0.343 e. The van der Waals surface area contributed by atoms with E-state index in [9.17, 15) is 9.90 Å². The predicted molar refractivity (Wildman–Crippen MR) is 65.4 cm³/mol. The van der Waals surface area contributed by atoms with Gasteiger partial charge in [0, 0.05) is 12.7 Å². The van der Waals surface area contributed by atoms with Gasteiger partial charge in [0.2, 0.25) is 0 Å². The highest BCUT2D eigenvalue weighted by Gasteiger charge is 2.27. The second kappa shape index (κ2) is 5.77. The summed E-state index contributed by atoms with van der Waals surface area (Å²) in [5, 5.41) is 9.41. The van der Waals surface area contributed by atoms with Gasteiger partial charge in [0.1, 0.15) is 17.7 Å². The summed E-state index contributed by atoms with van der Waals surface area (Å²) in [7, 11) is 1.33. The smallest absolute Gasteiger partial charge is 0.343 e. The zero-order valence-corrected chi connectivity index (χ0v) is 10.4. The Morgan fingerprint density at radius 1 is 1.61 bits per heavy atom. The summed E-state index contributed by atoms with van der Waals surface area (Å²) in [6, 6.07) is 0.0112. The van der Waals surface area contributed by atoms with E-state index in [1.165, 1.54) is 19.6 Å². The molecule has 18 heavy (non-hydrogen) atoms. The van der Waals surface area contributed by atoms with Crippen molar-refractivity contribution >= 4 is 11.8 Å². The van der Waals surface area contributed by atoms with Gasteiger partial charge in [-0.3, -0.25) is 0 Å². The number of carbonyl (C=O) groups excluding carboxylic acids is 1. The van der Waals surface area contributed by atoms with Crippen LogP contribution in [0.4, 0.5) is 5.82 Å². The van der Waals surface area contributed by atoms with Crippen LogP contribution in [0.15, 0.2) is 12.5 Å². The number of nitrogens with zero attached hydrogens (tertiary/aromatic N) is 3. The maximum absolute atomic E-state index is 11.7. The Hall–Kier alpha value is -1.69. The molecule has 1 saturated heterocycles. The molecule has 2 rings (SSSR count). The zero-order chi connectivity index (χ0) is 13.0. The lowest BCUT2D eigenvalue weighted by molar-refractivity contribution is 0.0600. The van der Waals surface area contributed by atoms with Crippen molar-refractivity contribution in [1.29, 1.82) is 0 Å². The lowest BCUT2D eigenvalue weighted by Gasteiger charge is -2.36. The van der Waals surface area contributed by atoms with E-state index in [0.29, 0.717) is 11.4 Å². The van der Waals surface area contributed by atoms with Crippen molar-refractivity contribution < 1.29 is 14.6 Å². The van der Waals surface area contributed by atoms with Crippen LogP contribution >= 0.6 is 0 Å². The van der Waals surface area contributed by atoms with Gasteiger partial charge in [0.25, 0.3) is 0 Å². The highest BCUT2D eigenvalue weighted by molar-refractivity contribution is 5.94. The highest BCUT2D eigenvalue weighted by atomic mass is 16.5. The molecule has 1 unspecified atom stereocenters. The van der Waals surface area contributed by atoms with Crippen LogP contribution in [-0.2, 0) is 4.74 Å². The molecule has 0 saturated carbocycles. The number of aliphatic hydroxyl groups excluding tert-OH is 1. The van der Waals surface area contributed by atoms with Crippen LogP contribution in [-0.4, -0.2) is 47.3 Å². The first kappa shape index (κ1) is 12.8. The molecule has 1 N–H and O–H groups in total. The molecule has 2 heterocycles. The van der Waals surface area contributed by atoms with Crippen LogP contribution in [0.5, 0.6) is 0 Å². The normalized spacial score (nSPS) is 19.7. The SMILES string of the molecule is COC(=O)c1cncnc1N1CCCCC1CO. The molecule has 1 atom stereocenters. The van der Waals surface area contributed by atoms with Crippen LogP contribution in [0, 0.1) is 0 Å². The summed E-state index contributed by atoms with van der Waals surface area (Å²) >= 11 is 0. The van der Waals surface area contributed by atoms with Gasteiger partial charge >= 0.3 is 5.97 Å². The molecule has 1 aliphatic rings. The molecule has 0 aliphatic carbocycles. The monoisotopic (exact) mass is 251 g/mol. The molecule has 1 aromatic heterocycles. The van der Waals surface area contributed by atoms with Crippen LogP contribution in [0.2, 0.25) is 0 Å². The minimum atomic E-state index is -0.451. The number of rotatable bonds is 3. The van der Waals surface area contributed by atoms with Gasteiger partial charge in [0.05, 0.1) is 19.8 Å². The Balaban J connectivity index is 2.33. The first-order valence-electron chi connectivity index (χ1n) is 6.03. The molecule has 1 aliphatic heterocycles. The molecule has 6 nitrogen and oxygen atoms in total. The van der Waals surface area contributed by atoms with Crippen molar-refractivity contribution in [1.82, 2.24) is 9.97 Å². The molecule has 0 aromatic carbocycles. The third kappa shape index (κ3) is 2.43. The first-order chi connectivity index (χ1) is 8.77. The summed E-state index contributed by atoms with van der Waals surface area (Å²) in [4.78, 5) is 21.7. The highest BCUT2D eigenvalue weighted by Crippen LogP contribution is 2.25. The molecule has 0 radical (unpaired) electrons. The second-order valence-corrected chi connectivity index (χ2v) is 4.28. The minimum Gasteiger partial charge on any atom is -0.465 e. The summed E-state index contributed by atoms with van der Waals surface area (Å²) in [5.41, 5.74) is 0.348. The minimum absolute atomic E-state index is 0.0112. The van der Waals surface area contributed by atoms with Gasteiger partial charge in [-0.05, 0) is 19.3 Å². The van der Waals surface area contributed by atoms with E-state index in [0.717, 1.165) is 25.8 Å². The maximum atomic E-state index is 11.7. The van der Waals surface area contributed by atoms with E-state index in [1.54, 1.807) is 0 Å². The van der Waals surface area contributed by atoms with Gasteiger partial charge in [0.15, 0.2) is 0 Å². The van der Waals surface area contributed by atoms with E-state index >= 15 is 0 Å². The van der Waals surface area contributed by atoms with Crippen LogP contribution < -0.4 is 4.90 Å². The Morgan fingerprint density at radius 3 is 3.17 bits per heavy atom. The van der Waals surface area contributed by atoms with Gasteiger partial charge in [-0.25, -0.2) is 14.8 Å². The summed E-state index contributed by atoms with van der Waals surface area (Å²) < 4.78 is 4.73. The number of esters is 1. The molecule has 0 spiro atoms. The van der Waals surface area contributed by atoms with E-state index in [-0.39, 0.29) is 12.6 Å². The largest absolute Gasteiger partial charge is 0.465 e. The van der Waals surface area contributed by atoms with Crippen molar-refractivity contribution in [2.45, 2.75) is 25.3 Å². The van der Waals surface area contributed by atoms with E-state index in [1.807, 2.05) is 4.90 Å². The fourth-order valence-corrected chi connectivity index (χ4v) is 2.28. The Kier molecular flexibility index (Phi) is 4.09. The van der Waals surface area contributed by atoms with Gasteiger partial charge in [-0.2, -0.15) is 0 Å². The fraction of sp³-hybridized carbons (Fsp3) is 0.583. The van der Waals surface area contributed by atoms with Crippen LogP contribution in [0.1, 0.15) is 29.6 Å². The third-order valence-electron chi connectivity index (χ3n) is 3.21. The number of carbonyl (C=O) groups is 1. The molecule has 0 bridgehead atoms. The number of methoxy groups -OCH3 is 1. The standard InChI is InChI=1S/C12H17N3O3/c1-18-12(17)10-6-13-8-14-11(10)15-5-3-2-4-9(15)7-16/h6,8-9,16H,2-5,7H2,1H3. The van der Waals surface area contributed by atoms with Crippen molar-refractivity contribution in [3.8, 4) is 0 Å². The molecular weight excluding hydrogens is 234 g/mol. The molecule has 0 amide bonds. The predicted octanol–water partition coefficient (Wildman–Crippen LogP) is 0.614.